The summed E-state index contributed by atoms with van der Waals surface area (Å²) in [5.74, 6) is -0.0431. The highest BCUT2D eigenvalue weighted by atomic mass is 35.5. The van der Waals surface area contributed by atoms with Crippen LogP contribution in [0.1, 0.15) is 43.2 Å². The van der Waals surface area contributed by atoms with Gasteiger partial charge in [-0.1, -0.05) is 35.9 Å². The van der Waals surface area contributed by atoms with Gasteiger partial charge >= 0.3 is 5.97 Å². The minimum Gasteiger partial charge on any atom is -0.481 e. The number of aryl methyl sites for hydroxylation is 1. The van der Waals surface area contributed by atoms with Gasteiger partial charge in [0.2, 0.25) is 0 Å². The minimum absolute atomic E-state index is 0. The first-order chi connectivity index (χ1) is 9.67. The lowest BCUT2D eigenvalue weighted by Gasteiger charge is -2.22. The van der Waals surface area contributed by atoms with Crippen molar-refractivity contribution >= 4 is 24.5 Å². The Labute approximate surface area is 132 Å². The van der Waals surface area contributed by atoms with Crippen LogP contribution in [0.4, 0.5) is 0 Å². The van der Waals surface area contributed by atoms with Gasteiger partial charge in [-0.05, 0) is 55.7 Å². The molecule has 1 aromatic carbocycles. The second-order valence-electron chi connectivity index (χ2n) is 5.62. The van der Waals surface area contributed by atoms with Crippen molar-refractivity contribution in [3.8, 4) is 0 Å². The number of halogens is 1. The third kappa shape index (κ3) is 5.90. The molecule has 3 N–H and O–H groups in total. The fraction of sp³-hybridized carbons (Fsp3) is 0.471. The number of allylic oxidation sites excluding steroid dienone is 1. The normalized spacial score (nSPS) is 18.0. The summed E-state index contributed by atoms with van der Waals surface area (Å²) in [4.78, 5) is 10.5. The van der Waals surface area contributed by atoms with E-state index in [0.717, 1.165) is 24.9 Å². The van der Waals surface area contributed by atoms with Crippen molar-refractivity contribution in [2.75, 3.05) is 6.54 Å². The van der Waals surface area contributed by atoms with Crippen LogP contribution in [0.5, 0.6) is 0 Å². The fourth-order valence-electron chi connectivity index (χ4n) is 2.70. The van der Waals surface area contributed by atoms with E-state index < -0.39 is 5.97 Å². The molecule has 1 aliphatic carbocycles. The highest BCUT2D eigenvalue weighted by molar-refractivity contribution is 5.85. The summed E-state index contributed by atoms with van der Waals surface area (Å²) >= 11 is 0. The van der Waals surface area contributed by atoms with Crippen molar-refractivity contribution < 1.29 is 9.90 Å². The van der Waals surface area contributed by atoms with Gasteiger partial charge in [0.25, 0.3) is 0 Å². The van der Waals surface area contributed by atoms with Gasteiger partial charge in [0.15, 0.2) is 0 Å². The van der Waals surface area contributed by atoms with Crippen LogP contribution in [0.25, 0.3) is 6.08 Å². The van der Waals surface area contributed by atoms with E-state index in [9.17, 15) is 4.79 Å². The molecule has 1 aromatic rings. The topological polar surface area (TPSA) is 63.3 Å². The SMILES string of the molecule is Cl.NCC1CCC(=Cc2ccc(CCC(=O)O)cc2)CC1. The zero-order valence-corrected chi connectivity index (χ0v) is 13.1. The van der Waals surface area contributed by atoms with E-state index >= 15 is 0 Å². The van der Waals surface area contributed by atoms with Crippen LogP contribution < -0.4 is 5.73 Å². The zero-order valence-electron chi connectivity index (χ0n) is 12.3. The van der Waals surface area contributed by atoms with Crippen molar-refractivity contribution in [1.82, 2.24) is 0 Å². The maximum absolute atomic E-state index is 10.5. The molecule has 0 heterocycles. The van der Waals surface area contributed by atoms with Crippen molar-refractivity contribution in [2.24, 2.45) is 11.7 Å². The maximum Gasteiger partial charge on any atom is 0.303 e. The van der Waals surface area contributed by atoms with Gasteiger partial charge in [0.05, 0.1) is 0 Å². The van der Waals surface area contributed by atoms with Gasteiger partial charge in [0.1, 0.15) is 0 Å². The molecule has 21 heavy (non-hydrogen) atoms. The highest BCUT2D eigenvalue weighted by Crippen LogP contribution is 2.28. The highest BCUT2D eigenvalue weighted by Gasteiger charge is 2.14. The number of benzene rings is 1. The lowest BCUT2D eigenvalue weighted by molar-refractivity contribution is -0.136. The third-order valence-electron chi connectivity index (χ3n) is 4.06. The van der Waals surface area contributed by atoms with Gasteiger partial charge in [0, 0.05) is 6.42 Å². The van der Waals surface area contributed by atoms with Crippen molar-refractivity contribution in [2.45, 2.75) is 38.5 Å². The number of carboxylic acid groups (broad SMARTS) is 1. The van der Waals surface area contributed by atoms with Crippen LogP contribution >= 0.6 is 12.4 Å². The number of hydrogen-bond acceptors (Lipinski definition) is 2. The lowest BCUT2D eigenvalue weighted by Crippen LogP contribution is -2.17. The molecular formula is C17H24ClNO2. The first-order valence-corrected chi connectivity index (χ1v) is 7.37. The van der Waals surface area contributed by atoms with Crippen LogP contribution in [0.15, 0.2) is 29.8 Å². The van der Waals surface area contributed by atoms with Crippen molar-refractivity contribution in [3.63, 3.8) is 0 Å². The summed E-state index contributed by atoms with van der Waals surface area (Å²) in [5.41, 5.74) is 9.51. The van der Waals surface area contributed by atoms with E-state index in [-0.39, 0.29) is 18.8 Å². The Morgan fingerprint density at radius 3 is 2.38 bits per heavy atom. The predicted octanol–water partition coefficient (Wildman–Crippen LogP) is 3.66. The molecule has 1 fully saturated rings. The Hall–Kier alpha value is -1.32. The predicted molar refractivity (Wildman–Crippen MR) is 88.6 cm³/mol. The smallest absolute Gasteiger partial charge is 0.303 e. The molecule has 0 unspecified atom stereocenters. The van der Waals surface area contributed by atoms with Gasteiger partial charge in [-0.25, -0.2) is 0 Å². The van der Waals surface area contributed by atoms with Crippen LogP contribution in [0, 0.1) is 5.92 Å². The number of nitrogens with two attached hydrogens (primary N) is 1. The molecule has 0 saturated heterocycles. The quantitative estimate of drug-likeness (QED) is 0.872. The summed E-state index contributed by atoms with van der Waals surface area (Å²) in [6.07, 6.45) is 7.79. The van der Waals surface area contributed by atoms with Gasteiger partial charge in [-0.2, -0.15) is 0 Å². The molecule has 0 spiro atoms. The number of rotatable bonds is 5. The molecule has 0 bridgehead atoms. The Morgan fingerprint density at radius 1 is 1.24 bits per heavy atom. The average molecular weight is 310 g/mol. The van der Waals surface area contributed by atoms with Crippen LogP contribution in [-0.2, 0) is 11.2 Å². The Kier molecular flexibility index (Phi) is 7.48. The largest absolute Gasteiger partial charge is 0.481 e. The van der Waals surface area contributed by atoms with Crippen molar-refractivity contribution in [1.29, 1.82) is 0 Å². The van der Waals surface area contributed by atoms with Crippen molar-refractivity contribution in [3.05, 3.63) is 41.0 Å². The molecule has 3 nitrogen and oxygen atoms in total. The molecule has 2 rings (SSSR count). The minimum atomic E-state index is -0.743. The maximum atomic E-state index is 10.5. The summed E-state index contributed by atoms with van der Waals surface area (Å²) in [5, 5.41) is 8.67. The van der Waals surface area contributed by atoms with E-state index in [1.165, 1.54) is 24.0 Å². The average Bonchev–Trinajstić information content (AvgIpc) is 2.47. The molecule has 0 aromatic heterocycles. The van der Waals surface area contributed by atoms with Gasteiger partial charge in [-0.15, -0.1) is 12.4 Å². The van der Waals surface area contributed by atoms with Crippen LogP contribution in [-0.4, -0.2) is 17.6 Å². The molecule has 1 saturated carbocycles. The van der Waals surface area contributed by atoms with Crippen LogP contribution in [0.2, 0.25) is 0 Å². The third-order valence-corrected chi connectivity index (χ3v) is 4.06. The van der Waals surface area contributed by atoms with E-state index in [1.54, 1.807) is 0 Å². The molecule has 0 amide bonds. The number of carbonyl (C=O) groups is 1. The van der Waals surface area contributed by atoms with E-state index in [0.29, 0.717) is 12.3 Å². The van der Waals surface area contributed by atoms with E-state index in [4.69, 9.17) is 10.8 Å². The summed E-state index contributed by atoms with van der Waals surface area (Å²) < 4.78 is 0. The number of aliphatic carboxylic acids is 1. The first kappa shape index (κ1) is 17.7. The molecule has 4 heteroatoms. The second-order valence-corrected chi connectivity index (χ2v) is 5.62. The molecular weight excluding hydrogens is 286 g/mol. The Balaban J connectivity index is 0.00000220. The monoisotopic (exact) mass is 309 g/mol. The van der Waals surface area contributed by atoms with Gasteiger partial charge < -0.3 is 10.8 Å². The molecule has 0 radical (unpaired) electrons. The Morgan fingerprint density at radius 2 is 1.86 bits per heavy atom. The summed E-state index contributed by atoms with van der Waals surface area (Å²) in [6, 6.07) is 8.22. The van der Waals surface area contributed by atoms with Gasteiger partial charge in [-0.3, -0.25) is 4.79 Å². The lowest BCUT2D eigenvalue weighted by atomic mass is 9.85. The second kappa shape index (κ2) is 8.85. The van der Waals surface area contributed by atoms with Crippen LogP contribution in [0.3, 0.4) is 0 Å². The molecule has 0 atom stereocenters. The van der Waals surface area contributed by atoms with E-state index in [1.807, 2.05) is 12.1 Å². The fourth-order valence-corrected chi connectivity index (χ4v) is 2.70. The summed E-state index contributed by atoms with van der Waals surface area (Å²) in [6.45, 7) is 0.811. The zero-order chi connectivity index (χ0) is 14.4. The number of carboxylic acids is 1. The molecule has 1 aliphatic rings. The standard InChI is InChI=1S/C17H23NO2.ClH/c18-12-16-7-5-15(6-8-16)11-14-3-1-13(2-4-14)9-10-17(19)20;/h1-4,11,16H,5-10,12,18H2,(H,19,20);1H. The first-order valence-electron chi connectivity index (χ1n) is 7.37. The molecule has 116 valence electrons. The summed E-state index contributed by atoms with van der Waals surface area (Å²) in [7, 11) is 0. The Bertz CT molecular complexity index is 472. The molecule has 0 aliphatic heterocycles. The van der Waals surface area contributed by atoms with E-state index in [2.05, 4.69) is 18.2 Å². The number of hydrogen-bond donors (Lipinski definition) is 2.